The molecular formula is C23H29N3O7S. The number of amides is 2. The van der Waals surface area contributed by atoms with Gasteiger partial charge in [-0.25, -0.2) is 18.0 Å². The van der Waals surface area contributed by atoms with Crippen molar-refractivity contribution in [1.29, 1.82) is 0 Å². The Bertz CT molecular complexity index is 1130. The molecule has 10 nitrogen and oxygen atoms in total. The number of aryl methyl sites for hydroxylation is 1. The van der Waals surface area contributed by atoms with E-state index in [0.717, 1.165) is 9.87 Å². The number of nitrogens with one attached hydrogen (secondary N) is 1. The third kappa shape index (κ3) is 6.78. The first-order valence-corrected chi connectivity index (χ1v) is 11.8. The van der Waals surface area contributed by atoms with E-state index in [4.69, 9.17) is 4.74 Å². The number of carbonyl (C=O) groups is 3. The van der Waals surface area contributed by atoms with Gasteiger partial charge in [0, 0.05) is 27.6 Å². The van der Waals surface area contributed by atoms with Gasteiger partial charge in [-0.2, -0.15) is 4.31 Å². The van der Waals surface area contributed by atoms with Crippen LogP contribution < -0.4 is 10.1 Å². The zero-order chi connectivity index (χ0) is 25.6. The zero-order valence-corrected chi connectivity index (χ0v) is 20.5. The van der Waals surface area contributed by atoms with E-state index in [0.29, 0.717) is 5.56 Å². The van der Waals surface area contributed by atoms with Crippen molar-refractivity contribution in [3.05, 3.63) is 59.7 Å². The second-order valence-electron chi connectivity index (χ2n) is 8.02. The number of carboxylic acid groups (broad SMARTS) is 1. The lowest BCUT2D eigenvalue weighted by Crippen LogP contribution is -2.51. The molecule has 2 aromatic carbocycles. The zero-order valence-electron chi connectivity index (χ0n) is 19.7. The first-order chi connectivity index (χ1) is 15.8. The lowest BCUT2D eigenvalue weighted by atomic mass is 10.1. The molecule has 2 N–H and O–H groups in total. The highest BCUT2D eigenvalue weighted by atomic mass is 32.2. The molecule has 0 saturated heterocycles. The van der Waals surface area contributed by atoms with Crippen LogP contribution >= 0.6 is 0 Å². The Morgan fingerprint density at radius 3 is 2.06 bits per heavy atom. The summed E-state index contributed by atoms with van der Waals surface area (Å²) in [7, 11) is 0.397. The lowest BCUT2D eigenvalue weighted by Gasteiger charge is -2.25. The Labute approximate surface area is 199 Å². The SMILES string of the molecule is Cc1ccc(S(=O)(=O)N(C)[C@@H](C)C(=O)N[C@@H](Cc2ccc(OC(=O)N(C)C)cc2)C(=O)O)cc1. The van der Waals surface area contributed by atoms with Gasteiger partial charge in [0.1, 0.15) is 17.8 Å². The molecule has 0 unspecified atom stereocenters. The van der Waals surface area contributed by atoms with E-state index in [1.165, 1.54) is 43.1 Å². The number of ether oxygens (including phenoxy) is 1. The highest BCUT2D eigenvalue weighted by Gasteiger charge is 2.32. The van der Waals surface area contributed by atoms with E-state index in [-0.39, 0.29) is 17.1 Å². The summed E-state index contributed by atoms with van der Waals surface area (Å²) in [5.41, 5.74) is 1.46. The highest BCUT2D eigenvalue weighted by Crippen LogP contribution is 2.18. The molecule has 0 radical (unpaired) electrons. The number of rotatable bonds is 9. The number of carboxylic acids is 1. The largest absolute Gasteiger partial charge is 0.480 e. The van der Waals surface area contributed by atoms with E-state index in [1.54, 1.807) is 38.4 Å². The van der Waals surface area contributed by atoms with Gasteiger partial charge in [-0.3, -0.25) is 4.79 Å². The molecular weight excluding hydrogens is 462 g/mol. The molecule has 0 aliphatic carbocycles. The van der Waals surface area contributed by atoms with Crippen molar-refractivity contribution in [3.8, 4) is 5.75 Å². The fourth-order valence-electron chi connectivity index (χ4n) is 2.86. The van der Waals surface area contributed by atoms with Crippen molar-refractivity contribution in [1.82, 2.24) is 14.5 Å². The normalized spacial score (nSPS) is 13.1. The molecule has 11 heteroatoms. The van der Waals surface area contributed by atoms with E-state index in [9.17, 15) is 27.9 Å². The smallest absolute Gasteiger partial charge is 0.414 e. The number of benzene rings is 2. The summed E-state index contributed by atoms with van der Waals surface area (Å²) < 4.78 is 31.7. The Hall–Kier alpha value is -3.44. The fourth-order valence-corrected chi connectivity index (χ4v) is 4.19. The number of carbonyl (C=O) groups excluding carboxylic acids is 2. The Morgan fingerprint density at radius 2 is 1.56 bits per heavy atom. The summed E-state index contributed by atoms with van der Waals surface area (Å²) >= 11 is 0. The van der Waals surface area contributed by atoms with Gasteiger partial charge < -0.3 is 20.1 Å². The minimum absolute atomic E-state index is 0.0325. The number of sulfonamides is 1. The standard InChI is InChI=1S/C23H29N3O7S/c1-15-6-12-19(13-7-15)34(31,32)26(5)16(2)21(27)24-20(22(28)29)14-17-8-10-18(11-9-17)33-23(30)25(3)4/h6-13,16,20H,14H2,1-5H3,(H,24,27)(H,28,29)/t16-,20-/m0/s1. The molecule has 184 valence electrons. The molecule has 2 aromatic rings. The van der Waals surface area contributed by atoms with E-state index < -0.39 is 40.1 Å². The summed E-state index contributed by atoms with van der Waals surface area (Å²) in [6.07, 6.45) is -0.605. The number of hydrogen-bond acceptors (Lipinski definition) is 6. The van der Waals surface area contributed by atoms with E-state index in [2.05, 4.69) is 5.32 Å². The monoisotopic (exact) mass is 491 g/mol. The molecule has 0 spiro atoms. The minimum Gasteiger partial charge on any atom is -0.480 e. The molecule has 0 bridgehead atoms. The van der Waals surface area contributed by atoms with Crippen LogP contribution in [0.1, 0.15) is 18.1 Å². The summed E-state index contributed by atoms with van der Waals surface area (Å²) in [5, 5.41) is 12.0. The van der Waals surface area contributed by atoms with Crippen LogP contribution in [0.15, 0.2) is 53.4 Å². The van der Waals surface area contributed by atoms with Crippen LogP contribution in [-0.2, 0) is 26.0 Å². The minimum atomic E-state index is -3.96. The van der Waals surface area contributed by atoms with E-state index in [1.807, 2.05) is 6.92 Å². The summed E-state index contributed by atoms with van der Waals surface area (Å²) in [6.45, 7) is 3.21. The predicted octanol–water partition coefficient (Wildman–Crippen LogP) is 1.88. The average Bonchev–Trinajstić information content (AvgIpc) is 2.78. The topological polar surface area (TPSA) is 133 Å². The molecule has 0 saturated carbocycles. The number of aliphatic carboxylic acids is 1. The van der Waals surface area contributed by atoms with Crippen molar-refractivity contribution >= 4 is 28.0 Å². The van der Waals surface area contributed by atoms with Crippen LogP contribution in [-0.4, -0.2) is 73.9 Å². The van der Waals surface area contributed by atoms with Crippen LogP contribution in [0.3, 0.4) is 0 Å². The van der Waals surface area contributed by atoms with Crippen LogP contribution in [0, 0.1) is 6.92 Å². The molecule has 34 heavy (non-hydrogen) atoms. The maximum absolute atomic E-state index is 12.8. The van der Waals surface area contributed by atoms with Crippen molar-refractivity contribution in [3.63, 3.8) is 0 Å². The number of hydrogen-bond donors (Lipinski definition) is 2. The Morgan fingerprint density at radius 1 is 1.00 bits per heavy atom. The maximum atomic E-state index is 12.8. The van der Waals surface area contributed by atoms with Gasteiger partial charge in [0.2, 0.25) is 15.9 Å². The second kappa shape index (κ2) is 11.1. The number of nitrogens with zero attached hydrogens (tertiary/aromatic N) is 2. The van der Waals surface area contributed by atoms with Crippen LogP contribution in [0.25, 0.3) is 0 Å². The molecule has 0 aliphatic rings. The molecule has 0 fully saturated rings. The maximum Gasteiger partial charge on any atom is 0.414 e. The molecule has 2 rings (SSSR count). The van der Waals surface area contributed by atoms with Crippen LogP contribution in [0.2, 0.25) is 0 Å². The van der Waals surface area contributed by atoms with E-state index >= 15 is 0 Å². The molecule has 0 aromatic heterocycles. The molecule has 0 heterocycles. The van der Waals surface area contributed by atoms with Gasteiger partial charge in [-0.1, -0.05) is 29.8 Å². The fraction of sp³-hybridized carbons (Fsp3) is 0.348. The third-order valence-electron chi connectivity index (χ3n) is 5.17. The average molecular weight is 492 g/mol. The number of likely N-dealkylation sites (N-methyl/N-ethyl adjacent to an activating group) is 1. The van der Waals surface area contributed by atoms with Crippen molar-refractivity contribution in [2.45, 2.75) is 37.2 Å². The first kappa shape index (κ1) is 26.8. The van der Waals surface area contributed by atoms with Crippen molar-refractivity contribution < 1.29 is 32.6 Å². The first-order valence-electron chi connectivity index (χ1n) is 10.4. The Kier molecular flexibility index (Phi) is 8.77. The summed E-state index contributed by atoms with van der Waals surface area (Å²) in [5.74, 6) is -1.73. The molecule has 2 atom stereocenters. The Balaban J connectivity index is 2.08. The predicted molar refractivity (Wildman–Crippen MR) is 125 cm³/mol. The van der Waals surface area contributed by atoms with Crippen LogP contribution in [0.4, 0.5) is 4.79 Å². The van der Waals surface area contributed by atoms with Gasteiger partial charge in [0.25, 0.3) is 0 Å². The third-order valence-corrected chi connectivity index (χ3v) is 7.11. The van der Waals surface area contributed by atoms with Gasteiger partial charge in [-0.15, -0.1) is 0 Å². The van der Waals surface area contributed by atoms with Gasteiger partial charge in [-0.05, 0) is 43.7 Å². The van der Waals surface area contributed by atoms with Gasteiger partial charge >= 0.3 is 12.1 Å². The molecule has 2 amide bonds. The van der Waals surface area contributed by atoms with Crippen molar-refractivity contribution in [2.24, 2.45) is 0 Å². The summed E-state index contributed by atoms with van der Waals surface area (Å²) in [6, 6.07) is 9.95. The summed E-state index contributed by atoms with van der Waals surface area (Å²) in [4.78, 5) is 37.4. The molecule has 0 aliphatic heterocycles. The quantitative estimate of drug-likeness (QED) is 0.547. The highest BCUT2D eigenvalue weighted by molar-refractivity contribution is 7.89. The van der Waals surface area contributed by atoms with Crippen molar-refractivity contribution in [2.75, 3.05) is 21.1 Å². The second-order valence-corrected chi connectivity index (χ2v) is 10.0. The van der Waals surface area contributed by atoms with Crippen LogP contribution in [0.5, 0.6) is 5.75 Å². The lowest BCUT2D eigenvalue weighted by molar-refractivity contribution is -0.142. The van der Waals surface area contributed by atoms with Gasteiger partial charge in [0.05, 0.1) is 4.90 Å². The van der Waals surface area contributed by atoms with Gasteiger partial charge in [0.15, 0.2) is 0 Å².